The molecule has 0 unspecified atom stereocenters. The quantitative estimate of drug-likeness (QED) is 0.317. The number of hydrogen-bond donors (Lipinski definition) is 1. The van der Waals surface area contributed by atoms with E-state index in [1.165, 1.54) is 24.3 Å². The third-order valence-corrected chi connectivity index (χ3v) is 2.27. The van der Waals surface area contributed by atoms with E-state index in [0.717, 1.165) is 0 Å². The van der Waals surface area contributed by atoms with Crippen LogP contribution in [0.1, 0.15) is 0 Å². The maximum absolute atomic E-state index is 10.4. The van der Waals surface area contributed by atoms with E-state index in [0.29, 0.717) is 4.90 Å². The van der Waals surface area contributed by atoms with Gasteiger partial charge in [-0.15, -0.1) is 12.6 Å². The molecular formula is C6H5LiO3S2. The van der Waals surface area contributed by atoms with Gasteiger partial charge in [-0.05, 0) is 24.3 Å². The van der Waals surface area contributed by atoms with Crippen molar-refractivity contribution >= 4 is 22.7 Å². The summed E-state index contributed by atoms with van der Waals surface area (Å²) in [6, 6.07) is 5.36. The van der Waals surface area contributed by atoms with Gasteiger partial charge in [-0.25, -0.2) is 8.42 Å². The smallest absolute Gasteiger partial charge is 0.744 e. The summed E-state index contributed by atoms with van der Waals surface area (Å²) in [5.74, 6) is 0. The van der Waals surface area contributed by atoms with E-state index in [4.69, 9.17) is 0 Å². The molecule has 60 valence electrons. The van der Waals surface area contributed by atoms with Crippen LogP contribution in [-0.2, 0) is 10.1 Å². The Morgan fingerprint density at radius 3 is 1.92 bits per heavy atom. The van der Waals surface area contributed by atoms with Crippen LogP contribution in [0.25, 0.3) is 0 Å². The van der Waals surface area contributed by atoms with E-state index in [2.05, 4.69) is 12.6 Å². The van der Waals surface area contributed by atoms with Crippen molar-refractivity contribution in [2.24, 2.45) is 0 Å². The molecule has 3 nitrogen and oxygen atoms in total. The molecule has 0 aromatic heterocycles. The molecule has 0 aliphatic rings. The van der Waals surface area contributed by atoms with Crippen LogP contribution < -0.4 is 18.9 Å². The molecule has 0 saturated heterocycles. The fraction of sp³-hybridized carbons (Fsp3) is 0. The Balaban J connectivity index is 0.00000121. The molecule has 1 aromatic carbocycles. The van der Waals surface area contributed by atoms with E-state index in [1.54, 1.807) is 0 Å². The molecule has 0 fully saturated rings. The van der Waals surface area contributed by atoms with E-state index in [1.807, 2.05) is 0 Å². The van der Waals surface area contributed by atoms with Gasteiger partial charge in [0.25, 0.3) is 0 Å². The second kappa shape index (κ2) is 4.35. The molecule has 0 spiro atoms. The van der Waals surface area contributed by atoms with Crippen LogP contribution in [-0.4, -0.2) is 13.0 Å². The zero-order chi connectivity index (χ0) is 8.48. The topological polar surface area (TPSA) is 57.2 Å². The van der Waals surface area contributed by atoms with Crippen LogP contribution in [0.15, 0.2) is 34.1 Å². The van der Waals surface area contributed by atoms with Crippen LogP contribution in [0.4, 0.5) is 0 Å². The monoisotopic (exact) mass is 196 g/mol. The molecule has 0 aliphatic heterocycles. The molecule has 0 amide bonds. The average molecular weight is 196 g/mol. The summed E-state index contributed by atoms with van der Waals surface area (Å²) in [7, 11) is -4.30. The average Bonchev–Trinajstić information content (AvgIpc) is 1.86. The number of rotatable bonds is 1. The van der Waals surface area contributed by atoms with Gasteiger partial charge in [-0.2, -0.15) is 0 Å². The molecule has 0 radical (unpaired) electrons. The Morgan fingerprint density at radius 1 is 1.17 bits per heavy atom. The van der Waals surface area contributed by atoms with Crippen molar-refractivity contribution in [3.63, 3.8) is 0 Å². The minimum Gasteiger partial charge on any atom is -0.744 e. The Bertz CT molecular complexity index is 344. The van der Waals surface area contributed by atoms with Crippen molar-refractivity contribution < 1.29 is 31.8 Å². The van der Waals surface area contributed by atoms with Gasteiger partial charge in [-0.1, -0.05) is 0 Å². The molecule has 0 bridgehead atoms. The Kier molecular flexibility index (Phi) is 4.38. The van der Waals surface area contributed by atoms with Crippen molar-refractivity contribution in [1.29, 1.82) is 0 Å². The van der Waals surface area contributed by atoms with Crippen LogP contribution in [0.5, 0.6) is 0 Å². The minimum absolute atomic E-state index is 0. The first-order chi connectivity index (χ1) is 5.00. The standard InChI is InChI=1S/C6H6O3S2.Li/c7-11(8,9)6-3-1-5(10)2-4-6;/h1-4,10H,(H,7,8,9);/q;+1/p-1. The molecule has 0 N–H and O–H groups in total. The van der Waals surface area contributed by atoms with Crippen LogP contribution in [0, 0.1) is 0 Å². The van der Waals surface area contributed by atoms with Gasteiger partial charge in [0.2, 0.25) is 0 Å². The zero-order valence-electron chi connectivity index (χ0n) is 6.39. The van der Waals surface area contributed by atoms with Gasteiger partial charge in [0.1, 0.15) is 10.1 Å². The molecule has 0 saturated carbocycles. The van der Waals surface area contributed by atoms with Crippen molar-refractivity contribution in [3.8, 4) is 0 Å². The normalized spacial score (nSPS) is 10.5. The summed E-state index contributed by atoms with van der Waals surface area (Å²) in [5.41, 5.74) is 0. The first-order valence-electron chi connectivity index (χ1n) is 2.75. The van der Waals surface area contributed by atoms with Gasteiger partial charge in [-0.3, -0.25) is 0 Å². The second-order valence-electron chi connectivity index (χ2n) is 1.95. The van der Waals surface area contributed by atoms with E-state index >= 15 is 0 Å². The summed E-state index contributed by atoms with van der Waals surface area (Å²) in [5, 5.41) is 0. The third kappa shape index (κ3) is 3.21. The van der Waals surface area contributed by atoms with E-state index < -0.39 is 10.1 Å². The molecule has 6 heteroatoms. The van der Waals surface area contributed by atoms with E-state index in [9.17, 15) is 13.0 Å². The second-order valence-corrected chi connectivity index (χ2v) is 3.84. The Morgan fingerprint density at radius 2 is 1.58 bits per heavy atom. The minimum atomic E-state index is -4.30. The molecule has 1 aromatic rings. The van der Waals surface area contributed by atoms with Crippen molar-refractivity contribution in [1.82, 2.24) is 0 Å². The fourth-order valence-corrected chi connectivity index (χ4v) is 1.23. The molecule has 1 rings (SSSR count). The number of thiol groups is 1. The van der Waals surface area contributed by atoms with Gasteiger partial charge >= 0.3 is 18.9 Å². The van der Waals surface area contributed by atoms with Crippen LogP contribution in [0.3, 0.4) is 0 Å². The molecule has 12 heavy (non-hydrogen) atoms. The Labute approximate surface area is 88.5 Å². The predicted molar refractivity (Wildman–Crippen MR) is 41.7 cm³/mol. The largest absolute Gasteiger partial charge is 1.00 e. The van der Waals surface area contributed by atoms with Crippen LogP contribution in [0.2, 0.25) is 0 Å². The summed E-state index contributed by atoms with van der Waals surface area (Å²) < 4.78 is 31.1. The summed E-state index contributed by atoms with van der Waals surface area (Å²) in [6.45, 7) is 0. The van der Waals surface area contributed by atoms with Gasteiger partial charge in [0, 0.05) is 4.90 Å². The van der Waals surface area contributed by atoms with Gasteiger partial charge < -0.3 is 4.55 Å². The summed E-state index contributed by atoms with van der Waals surface area (Å²) in [4.78, 5) is 0.396. The summed E-state index contributed by atoms with van der Waals surface area (Å²) in [6.07, 6.45) is 0. The zero-order valence-corrected chi connectivity index (χ0v) is 8.10. The SMILES string of the molecule is O=S(=O)([O-])c1ccc(S)cc1.[Li+]. The number of hydrogen-bond acceptors (Lipinski definition) is 4. The molecule has 0 aliphatic carbocycles. The van der Waals surface area contributed by atoms with Crippen molar-refractivity contribution in [2.45, 2.75) is 9.79 Å². The fourth-order valence-electron chi connectivity index (χ4n) is 0.613. The van der Waals surface area contributed by atoms with Gasteiger partial charge in [0.05, 0.1) is 4.90 Å². The first-order valence-corrected chi connectivity index (χ1v) is 4.60. The van der Waals surface area contributed by atoms with Crippen LogP contribution >= 0.6 is 12.6 Å². The number of benzene rings is 1. The van der Waals surface area contributed by atoms with E-state index in [-0.39, 0.29) is 23.8 Å². The summed E-state index contributed by atoms with van der Waals surface area (Å²) >= 11 is 3.93. The van der Waals surface area contributed by atoms with Crippen molar-refractivity contribution in [3.05, 3.63) is 24.3 Å². The third-order valence-electron chi connectivity index (χ3n) is 1.13. The maximum atomic E-state index is 10.4. The maximum Gasteiger partial charge on any atom is 1.00 e. The molecule has 0 heterocycles. The Hall–Kier alpha value is 0.0774. The molecule has 0 atom stereocenters. The molecular weight excluding hydrogens is 191 g/mol. The van der Waals surface area contributed by atoms with Crippen molar-refractivity contribution in [2.75, 3.05) is 0 Å². The van der Waals surface area contributed by atoms with Gasteiger partial charge in [0.15, 0.2) is 0 Å². The first kappa shape index (κ1) is 12.1. The predicted octanol–water partition coefficient (Wildman–Crippen LogP) is -2.12.